The first-order chi connectivity index (χ1) is 6.13. The van der Waals surface area contributed by atoms with Gasteiger partial charge in [0, 0.05) is 6.92 Å². The smallest absolute Gasteiger partial charge is 0.319 e. The first-order valence-corrected chi connectivity index (χ1v) is 4.56. The summed E-state index contributed by atoms with van der Waals surface area (Å²) >= 11 is 1.18. The van der Waals surface area contributed by atoms with E-state index in [0.717, 1.165) is 0 Å². The van der Waals surface area contributed by atoms with Crippen molar-refractivity contribution in [2.45, 2.75) is 24.3 Å². The molecule has 0 aliphatic rings. The summed E-state index contributed by atoms with van der Waals surface area (Å²) in [6.45, 7) is 3.41. The van der Waals surface area contributed by atoms with Crippen molar-refractivity contribution in [2.75, 3.05) is 7.11 Å². The molecular formula is C7H10N2O3S. The van der Waals surface area contributed by atoms with Gasteiger partial charge in [0.2, 0.25) is 5.89 Å². The first-order valence-electron chi connectivity index (χ1n) is 3.68. The topological polar surface area (TPSA) is 65.2 Å². The Morgan fingerprint density at radius 2 is 2.31 bits per heavy atom. The van der Waals surface area contributed by atoms with Crippen molar-refractivity contribution >= 4 is 17.7 Å². The number of nitrogens with zero attached hydrogens (tertiary/aromatic N) is 2. The van der Waals surface area contributed by atoms with Gasteiger partial charge in [0.1, 0.15) is 5.25 Å². The highest BCUT2D eigenvalue weighted by atomic mass is 32.2. The molecule has 1 rings (SSSR count). The van der Waals surface area contributed by atoms with E-state index in [1.165, 1.54) is 18.9 Å². The summed E-state index contributed by atoms with van der Waals surface area (Å²) in [5, 5.41) is 7.43. The van der Waals surface area contributed by atoms with Crippen LogP contribution >= 0.6 is 11.8 Å². The van der Waals surface area contributed by atoms with Gasteiger partial charge in [0.25, 0.3) is 5.22 Å². The van der Waals surface area contributed by atoms with Crippen molar-refractivity contribution in [3.63, 3.8) is 0 Å². The van der Waals surface area contributed by atoms with Gasteiger partial charge < -0.3 is 9.15 Å². The summed E-state index contributed by atoms with van der Waals surface area (Å²) in [4.78, 5) is 11.0. The van der Waals surface area contributed by atoms with E-state index in [0.29, 0.717) is 11.1 Å². The third-order valence-electron chi connectivity index (χ3n) is 1.32. The molecular weight excluding hydrogens is 192 g/mol. The van der Waals surface area contributed by atoms with Crippen LogP contribution in [0.15, 0.2) is 9.64 Å². The highest BCUT2D eigenvalue weighted by Gasteiger charge is 2.17. The molecule has 1 atom stereocenters. The standard InChI is InChI=1S/C7H10N2O3S/c1-4(6(10)11-3)13-7-9-8-5(2)12-7/h4H,1-3H3. The van der Waals surface area contributed by atoms with Gasteiger partial charge in [-0.25, -0.2) is 0 Å². The molecule has 0 saturated carbocycles. The molecule has 0 saturated heterocycles. The molecule has 1 heterocycles. The zero-order valence-corrected chi connectivity index (χ0v) is 8.42. The number of esters is 1. The third kappa shape index (κ3) is 2.73. The highest BCUT2D eigenvalue weighted by Crippen LogP contribution is 2.21. The number of rotatable bonds is 3. The molecule has 0 bridgehead atoms. The number of thioether (sulfide) groups is 1. The second kappa shape index (κ2) is 4.27. The Kier molecular flexibility index (Phi) is 3.30. The van der Waals surface area contributed by atoms with Gasteiger partial charge in [-0.15, -0.1) is 10.2 Å². The summed E-state index contributed by atoms with van der Waals surface area (Å²) in [5.41, 5.74) is 0. The Morgan fingerprint density at radius 1 is 1.62 bits per heavy atom. The Morgan fingerprint density at radius 3 is 2.77 bits per heavy atom. The predicted molar refractivity (Wildman–Crippen MR) is 46.4 cm³/mol. The Balaban J connectivity index is 2.54. The Bertz CT molecular complexity index is 300. The first kappa shape index (κ1) is 10.0. The zero-order valence-electron chi connectivity index (χ0n) is 7.60. The lowest BCUT2D eigenvalue weighted by molar-refractivity contribution is -0.139. The van der Waals surface area contributed by atoms with Crippen LogP contribution in [0.5, 0.6) is 0 Å². The Hall–Kier alpha value is -1.04. The quantitative estimate of drug-likeness (QED) is 0.538. The molecule has 0 aliphatic carbocycles. The SMILES string of the molecule is COC(=O)C(C)Sc1nnc(C)o1. The number of hydrogen-bond donors (Lipinski definition) is 0. The average molecular weight is 202 g/mol. The van der Waals surface area contributed by atoms with Gasteiger partial charge in [-0.05, 0) is 6.92 Å². The molecule has 1 aromatic heterocycles. The van der Waals surface area contributed by atoms with Crippen molar-refractivity contribution in [2.24, 2.45) is 0 Å². The van der Waals surface area contributed by atoms with Crippen LogP contribution in [0.25, 0.3) is 0 Å². The van der Waals surface area contributed by atoms with E-state index in [4.69, 9.17) is 4.42 Å². The monoisotopic (exact) mass is 202 g/mol. The van der Waals surface area contributed by atoms with Crippen molar-refractivity contribution in [3.05, 3.63) is 5.89 Å². The molecule has 6 heteroatoms. The fraction of sp³-hybridized carbons (Fsp3) is 0.571. The van der Waals surface area contributed by atoms with Crippen molar-refractivity contribution in [1.82, 2.24) is 10.2 Å². The average Bonchev–Trinajstić information content (AvgIpc) is 2.49. The molecule has 0 aliphatic heterocycles. The van der Waals surface area contributed by atoms with Crippen molar-refractivity contribution in [1.29, 1.82) is 0 Å². The molecule has 0 spiro atoms. The van der Waals surface area contributed by atoms with E-state index < -0.39 is 0 Å². The highest BCUT2D eigenvalue weighted by molar-refractivity contribution is 8.00. The summed E-state index contributed by atoms with van der Waals surface area (Å²) in [6.07, 6.45) is 0. The van der Waals surface area contributed by atoms with E-state index in [9.17, 15) is 4.79 Å². The van der Waals surface area contributed by atoms with Crippen LogP contribution in [-0.2, 0) is 9.53 Å². The number of carbonyl (C=O) groups excluding carboxylic acids is 1. The maximum Gasteiger partial charge on any atom is 0.319 e. The lowest BCUT2D eigenvalue weighted by atomic mass is 10.5. The maximum absolute atomic E-state index is 11.0. The molecule has 0 radical (unpaired) electrons. The molecule has 0 amide bonds. The molecule has 13 heavy (non-hydrogen) atoms. The van der Waals surface area contributed by atoms with Crippen LogP contribution in [0.3, 0.4) is 0 Å². The van der Waals surface area contributed by atoms with Crippen molar-refractivity contribution in [3.8, 4) is 0 Å². The number of carbonyl (C=O) groups is 1. The maximum atomic E-state index is 11.0. The summed E-state index contributed by atoms with van der Waals surface area (Å²) in [5.74, 6) is 0.181. The van der Waals surface area contributed by atoms with E-state index >= 15 is 0 Å². The van der Waals surface area contributed by atoms with E-state index in [-0.39, 0.29) is 11.2 Å². The van der Waals surface area contributed by atoms with Crippen LogP contribution in [0.4, 0.5) is 0 Å². The van der Waals surface area contributed by atoms with E-state index in [1.54, 1.807) is 13.8 Å². The van der Waals surface area contributed by atoms with Gasteiger partial charge in [0.05, 0.1) is 7.11 Å². The summed E-state index contributed by atoms with van der Waals surface area (Å²) < 4.78 is 9.62. The van der Waals surface area contributed by atoms with E-state index in [2.05, 4.69) is 14.9 Å². The number of aryl methyl sites for hydroxylation is 1. The fourth-order valence-electron chi connectivity index (χ4n) is 0.691. The summed E-state index contributed by atoms with van der Waals surface area (Å²) in [7, 11) is 1.35. The van der Waals surface area contributed by atoms with Crippen LogP contribution in [0, 0.1) is 6.92 Å². The van der Waals surface area contributed by atoms with Crippen LogP contribution in [-0.4, -0.2) is 28.5 Å². The van der Waals surface area contributed by atoms with Gasteiger partial charge in [0.15, 0.2) is 0 Å². The number of ether oxygens (including phenoxy) is 1. The van der Waals surface area contributed by atoms with Crippen molar-refractivity contribution < 1.29 is 13.9 Å². The van der Waals surface area contributed by atoms with Gasteiger partial charge in [-0.3, -0.25) is 4.79 Å². The van der Waals surface area contributed by atoms with Gasteiger partial charge in [-0.2, -0.15) is 0 Å². The lowest BCUT2D eigenvalue weighted by Crippen LogP contribution is -2.14. The minimum absolute atomic E-state index is 0.305. The Labute approximate surface area is 79.9 Å². The second-order valence-corrected chi connectivity index (χ2v) is 3.66. The molecule has 72 valence electrons. The number of aromatic nitrogens is 2. The molecule has 0 N–H and O–H groups in total. The third-order valence-corrected chi connectivity index (χ3v) is 2.23. The van der Waals surface area contributed by atoms with Crippen LogP contribution < -0.4 is 0 Å². The molecule has 5 nitrogen and oxygen atoms in total. The lowest BCUT2D eigenvalue weighted by Gasteiger charge is -2.03. The molecule has 0 aromatic carbocycles. The van der Waals surface area contributed by atoms with Crippen LogP contribution in [0.1, 0.15) is 12.8 Å². The predicted octanol–water partition coefficient (Wildman–Crippen LogP) is 1.03. The van der Waals surface area contributed by atoms with Crippen LogP contribution in [0.2, 0.25) is 0 Å². The van der Waals surface area contributed by atoms with Gasteiger partial charge in [-0.1, -0.05) is 11.8 Å². The fourth-order valence-corrected chi connectivity index (χ4v) is 1.44. The van der Waals surface area contributed by atoms with E-state index in [1.807, 2.05) is 0 Å². The largest absolute Gasteiger partial charge is 0.468 e. The number of methoxy groups -OCH3 is 1. The normalized spacial score (nSPS) is 12.5. The minimum atomic E-state index is -0.329. The molecule has 1 aromatic rings. The molecule has 0 fully saturated rings. The second-order valence-electron chi connectivity index (χ2n) is 2.37. The minimum Gasteiger partial charge on any atom is -0.468 e. The van der Waals surface area contributed by atoms with Gasteiger partial charge >= 0.3 is 5.97 Å². The zero-order chi connectivity index (χ0) is 9.84. The molecule has 1 unspecified atom stereocenters. The summed E-state index contributed by atoms with van der Waals surface area (Å²) in [6, 6.07) is 0. The number of hydrogen-bond acceptors (Lipinski definition) is 6.